The molecule has 21 heavy (non-hydrogen) atoms. The van der Waals surface area contributed by atoms with Crippen molar-refractivity contribution in [3.05, 3.63) is 11.8 Å². The van der Waals surface area contributed by atoms with E-state index in [0.29, 0.717) is 31.5 Å². The first-order valence-corrected chi connectivity index (χ1v) is 7.55. The summed E-state index contributed by atoms with van der Waals surface area (Å²) >= 11 is 0. The molecule has 0 spiro atoms. The van der Waals surface area contributed by atoms with E-state index in [2.05, 4.69) is 15.3 Å². The Balaban J connectivity index is 2.05. The normalized spacial score (nSPS) is 15.0. The smallest absolute Gasteiger partial charge is 0.318 e. The molecule has 1 aromatic rings. The van der Waals surface area contributed by atoms with Gasteiger partial charge in [0.25, 0.3) is 0 Å². The number of nitrogens with zero attached hydrogens (tertiary/aromatic N) is 2. The predicted octanol–water partition coefficient (Wildman–Crippen LogP) is 2.34. The third kappa shape index (κ3) is 4.58. The number of aromatic nitrogens is 2. The van der Waals surface area contributed by atoms with Crippen molar-refractivity contribution in [3.63, 3.8) is 0 Å². The summed E-state index contributed by atoms with van der Waals surface area (Å²) in [6.07, 6.45) is 7.44. The van der Waals surface area contributed by atoms with E-state index in [1.165, 1.54) is 12.8 Å². The molecule has 1 aliphatic rings. The van der Waals surface area contributed by atoms with Gasteiger partial charge in [-0.25, -0.2) is 4.98 Å². The van der Waals surface area contributed by atoms with Gasteiger partial charge in [-0.3, -0.25) is 4.79 Å². The van der Waals surface area contributed by atoms with Gasteiger partial charge in [-0.2, -0.15) is 4.98 Å². The molecule has 1 aromatic heterocycles. The Kier molecular flexibility index (Phi) is 5.78. The van der Waals surface area contributed by atoms with Crippen molar-refractivity contribution in [1.82, 2.24) is 9.97 Å². The van der Waals surface area contributed by atoms with Crippen LogP contribution in [0.4, 0.5) is 5.82 Å². The van der Waals surface area contributed by atoms with Crippen molar-refractivity contribution in [1.29, 1.82) is 0 Å². The van der Waals surface area contributed by atoms with Crippen molar-refractivity contribution < 1.29 is 14.3 Å². The maximum absolute atomic E-state index is 11.5. The van der Waals surface area contributed by atoms with E-state index in [1.807, 2.05) is 6.92 Å². The Labute approximate surface area is 125 Å². The molecular weight excluding hydrogens is 270 g/mol. The monoisotopic (exact) mass is 293 g/mol. The quantitative estimate of drug-likeness (QED) is 0.778. The molecule has 1 fully saturated rings. The van der Waals surface area contributed by atoms with Crippen LogP contribution in [0.15, 0.2) is 6.20 Å². The highest BCUT2D eigenvalue weighted by Gasteiger charge is 2.18. The van der Waals surface area contributed by atoms with Gasteiger partial charge in [0.05, 0.1) is 13.7 Å². The summed E-state index contributed by atoms with van der Waals surface area (Å²) in [6.45, 7) is 2.21. The third-order valence-electron chi connectivity index (χ3n) is 3.62. The molecule has 1 aliphatic carbocycles. The minimum Gasteiger partial charge on any atom is -0.467 e. The van der Waals surface area contributed by atoms with Gasteiger partial charge in [-0.15, -0.1) is 0 Å². The fourth-order valence-electron chi connectivity index (χ4n) is 2.53. The number of rotatable bonds is 7. The molecule has 0 atom stereocenters. The number of carbonyl (C=O) groups excluding carboxylic acids is 1. The highest BCUT2D eigenvalue weighted by atomic mass is 16.5. The first kappa shape index (κ1) is 15.5. The largest absolute Gasteiger partial charge is 0.467 e. The SMILES string of the molecule is CCOC(=O)CCc1cnc(OC)nc1NC1CCCC1. The Morgan fingerprint density at radius 1 is 1.43 bits per heavy atom. The second-order valence-electron chi connectivity index (χ2n) is 5.16. The summed E-state index contributed by atoms with van der Waals surface area (Å²) in [5.74, 6) is 0.582. The molecule has 0 aromatic carbocycles. The van der Waals surface area contributed by atoms with Crippen LogP contribution >= 0.6 is 0 Å². The predicted molar refractivity (Wildman–Crippen MR) is 79.4 cm³/mol. The van der Waals surface area contributed by atoms with E-state index < -0.39 is 0 Å². The summed E-state index contributed by atoms with van der Waals surface area (Å²) in [7, 11) is 1.55. The first-order valence-electron chi connectivity index (χ1n) is 7.55. The molecule has 1 N–H and O–H groups in total. The molecule has 0 radical (unpaired) electrons. The number of hydrogen-bond donors (Lipinski definition) is 1. The zero-order valence-electron chi connectivity index (χ0n) is 12.7. The van der Waals surface area contributed by atoms with Crippen molar-refractivity contribution in [2.45, 2.75) is 51.5 Å². The van der Waals surface area contributed by atoms with Crippen molar-refractivity contribution in [3.8, 4) is 6.01 Å². The molecule has 0 amide bonds. The number of anilines is 1. The van der Waals surface area contributed by atoms with Crippen LogP contribution in [0.25, 0.3) is 0 Å². The van der Waals surface area contributed by atoms with Gasteiger partial charge in [0.2, 0.25) is 0 Å². The van der Waals surface area contributed by atoms with Crippen LogP contribution in [0, 0.1) is 0 Å². The zero-order chi connectivity index (χ0) is 15.1. The lowest BCUT2D eigenvalue weighted by Gasteiger charge is -2.16. The van der Waals surface area contributed by atoms with Crippen LogP contribution in [-0.2, 0) is 16.0 Å². The number of ether oxygens (including phenoxy) is 2. The van der Waals surface area contributed by atoms with E-state index >= 15 is 0 Å². The molecule has 6 heteroatoms. The summed E-state index contributed by atoms with van der Waals surface area (Å²) in [5.41, 5.74) is 0.927. The first-order chi connectivity index (χ1) is 10.2. The minimum atomic E-state index is -0.194. The molecular formula is C15H23N3O3. The van der Waals surface area contributed by atoms with Crippen molar-refractivity contribution in [2.75, 3.05) is 19.0 Å². The molecule has 116 valence electrons. The number of aryl methyl sites for hydroxylation is 1. The minimum absolute atomic E-state index is 0.194. The van der Waals surface area contributed by atoms with E-state index in [4.69, 9.17) is 9.47 Å². The molecule has 2 rings (SSSR count). The molecule has 1 saturated carbocycles. The second-order valence-corrected chi connectivity index (χ2v) is 5.16. The van der Waals surface area contributed by atoms with Crippen LogP contribution in [0.3, 0.4) is 0 Å². The summed E-state index contributed by atoms with van der Waals surface area (Å²) in [5, 5.41) is 3.46. The topological polar surface area (TPSA) is 73.3 Å². The lowest BCUT2D eigenvalue weighted by atomic mass is 10.1. The van der Waals surface area contributed by atoms with Gasteiger partial charge < -0.3 is 14.8 Å². The number of esters is 1. The average Bonchev–Trinajstić information content (AvgIpc) is 2.99. The molecule has 0 saturated heterocycles. The Hall–Kier alpha value is -1.85. The van der Waals surface area contributed by atoms with Crippen LogP contribution in [0.1, 0.15) is 44.6 Å². The maximum Gasteiger partial charge on any atom is 0.318 e. The fourth-order valence-corrected chi connectivity index (χ4v) is 2.53. The van der Waals surface area contributed by atoms with Crippen LogP contribution in [0.2, 0.25) is 0 Å². The van der Waals surface area contributed by atoms with Gasteiger partial charge in [-0.1, -0.05) is 12.8 Å². The van der Waals surface area contributed by atoms with Gasteiger partial charge in [0.1, 0.15) is 5.82 Å². The maximum atomic E-state index is 11.5. The Morgan fingerprint density at radius 3 is 2.86 bits per heavy atom. The van der Waals surface area contributed by atoms with Crippen LogP contribution in [0.5, 0.6) is 6.01 Å². The van der Waals surface area contributed by atoms with Gasteiger partial charge in [-0.05, 0) is 26.2 Å². The van der Waals surface area contributed by atoms with Crippen LogP contribution in [-0.4, -0.2) is 35.7 Å². The van der Waals surface area contributed by atoms with E-state index in [0.717, 1.165) is 24.2 Å². The molecule has 0 unspecified atom stereocenters. The van der Waals surface area contributed by atoms with E-state index in [9.17, 15) is 4.79 Å². The number of methoxy groups -OCH3 is 1. The molecule has 6 nitrogen and oxygen atoms in total. The van der Waals surface area contributed by atoms with Crippen LogP contribution < -0.4 is 10.1 Å². The Bertz CT molecular complexity index is 473. The van der Waals surface area contributed by atoms with Crippen molar-refractivity contribution >= 4 is 11.8 Å². The lowest BCUT2D eigenvalue weighted by Crippen LogP contribution is -2.18. The standard InChI is InChI=1S/C15H23N3O3/c1-3-21-13(19)9-8-11-10-16-15(20-2)18-14(11)17-12-6-4-5-7-12/h10,12H,3-9H2,1-2H3,(H,16,17,18). The fraction of sp³-hybridized carbons (Fsp3) is 0.667. The van der Waals surface area contributed by atoms with Gasteiger partial charge in [0.15, 0.2) is 0 Å². The lowest BCUT2D eigenvalue weighted by molar-refractivity contribution is -0.143. The van der Waals surface area contributed by atoms with Gasteiger partial charge in [0, 0.05) is 24.2 Å². The second kappa shape index (κ2) is 7.81. The summed E-state index contributed by atoms with van der Waals surface area (Å²) in [6, 6.07) is 0.793. The highest BCUT2D eigenvalue weighted by molar-refractivity contribution is 5.70. The summed E-state index contributed by atoms with van der Waals surface area (Å²) < 4.78 is 10.0. The zero-order valence-corrected chi connectivity index (χ0v) is 12.7. The van der Waals surface area contributed by atoms with Crippen molar-refractivity contribution in [2.24, 2.45) is 0 Å². The Morgan fingerprint density at radius 2 is 2.19 bits per heavy atom. The molecule has 1 heterocycles. The summed E-state index contributed by atoms with van der Waals surface area (Å²) in [4.78, 5) is 20.0. The molecule has 0 aliphatic heterocycles. The number of hydrogen-bond acceptors (Lipinski definition) is 6. The number of nitrogens with one attached hydrogen (secondary N) is 1. The van der Waals surface area contributed by atoms with E-state index in [-0.39, 0.29) is 5.97 Å². The highest BCUT2D eigenvalue weighted by Crippen LogP contribution is 2.24. The van der Waals surface area contributed by atoms with E-state index in [1.54, 1.807) is 13.3 Å². The third-order valence-corrected chi connectivity index (χ3v) is 3.62. The molecule has 0 bridgehead atoms. The number of carbonyl (C=O) groups is 1. The van der Waals surface area contributed by atoms with Gasteiger partial charge >= 0.3 is 12.0 Å². The average molecular weight is 293 g/mol.